The van der Waals surface area contributed by atoms with Gasteiger partial charge < -0.3 is 14.2 Å². The molecule has 2 aromatic heterocycles. The number of carbonyl (C=O) groups is 1. The van der Waals surface area contributed by atoms with E-state index < -0.39 is 17.7 Å². The van der Waals surface area contributed by atoms with E-state index in [0.29, 0.717) is 24.3 Å². The predicted molar refractivity (Wildman–Crippen MR) is 116 cm³/mol. The Morgan fingerprint density at radius 1 is 1.03 bits per heavy atom. The first-order valence-corrected chi connectivity index (χ1v) is 10.8. The average molecular weight is 475 g/mol. The summed E-state index contributed by atoms with van der Waals surface area (Å²) in [6.07, 6.45) is -0.154. The molecule has 180 valence electrons. The van der Waals surface area contributed by atoms with E-state index in [1.54, 1.807) is 41.6 Å². The van der Waals surface area contributed by atoms with Crippen molar-refractivity contribution in [3.8, 4) is 22.6 Å². The van der Waals surface area contributed by atoms with Crippen LogP contribution in [-0.2, 0) is 10.9 Å². The van der Waals surface area contributed by atoms with E-state index in [2.05, 4.69) is 19.6 Å². The first-order valence-electron chi connectivity index (χ1n) is 10.8. The van der Waals surface area contributed by atoms with Crippen molar-refractivity contribution in [3.05, 3.63) is 48.2 Å². The van der Waals surface area contributed by atoms with Gasteiger partial charge in [-0.15, -0.1) is 0 Å². The van der Waals surface area contributed by atoms with Gasteiger partial charge >= 0.3 is 18.2 Å². The fourth-order valence-corrected chi connectivity index (χ4v) is 3.65. The van der Waals surface area contributed by atoms with E-state index in [1.807, 2.05) is 20.8 Å². The van der Waals surface area contributed by atoms with Crippen LogP contribution in [0.1, 0.15) is 51.1 Å². The first kappa shape index (κ1) is 23.7. The second-order valence-corrected chi connectivity index (χ2v) is 9.07. The topological polar surface area (TPSA) is 94.2 Å². The number of ether oxygens (including phenoxy) is 1. The van der Waals surface area contributed by atoms with E-state index in [4.69, 9.17) is 9.72 Å². The summed E-state index contributed by atoms with van der Waals surface area (Å²) in [6.45, 7) is 6.67. The quantitative estimate of drug-likeness (QED) is 0.506. The number of hydrogen-bond donors (Lipinski definition) is 0. The minimum atomic E-state index is -4.69. The highest BCUT2D eigenvalue weighted by Crippen LogP contribution is 2.31. The number of aromatic nitrogens is 4. The molecule has 0 radical (unpaired) electrons. The normalized spacial score (nSPS) is 15.4. The van der Waals surface area contributed by atoms with Crippen molar-refractivity contribution >= 4 is 6.09 Å². The molecule has 11 heteroatoms. The van der Waals surface area contributed by atoms with Crippen LogP contribution in [0.3, 0.4) is 0 Å². The number of nitrogens with zero attached hydrogens (tertiary/aromatic N) is 5. The Kier molecular flexibility index (Phi) is 6.28. The van der Waals surface area contributed by atoms with Crippen molar-refractivity contribution < 1.29 is 27.2 Å². The summed E-state index contributed by atoms with van der Waals surface area (Å²) < 4.78 is 47.8. The number of amides is 1. The molecule has 0 N–H and O–H groups in total. The zero-order chi connectivity index (χ0) is 24.5. The molecule has 0 saturated carbocycles. The summed E-state index contributed by atoms with van der Waals surface area (Å²) in [7, 11) is 0. The summed E-state index contributed by atoms with van der Waals surface area (Å²) in [6, 6.07) is 6.65. The van der Waals surface area contributed by atoms with Gasteiger partial charge in [0, 0.05) is 36.3 Å². The van der Waals surface area contributed by atoms with Crippen LogP contribution in [0.2, 0.25) is 0 Å². The van der Waals surface area contributed by atoms with E-state index in [0.717, 1.165) is 24.1 Å². The van der Waals surface area contributed by atoms with E-state index in [9.17, 15) is 18.0 Å². The Balaban J connectivity index is 1.43. The van der Waals surface area contributed by atoms with Crippen molar-refractivity contribution in [2.24, 2.45) is 0 Å². The van der Waals surface area contributed by atoms with Crippen LogP contribution in [0.4, 0.5) is 18.0 Å². The van der Waals surface area contributed by atoms with Crippen molar-refractivity contribution in [1.29, 1.82) is 0 Å². The number of halogens is 3. The number of piperidine rings is 1. The third-order valence-corrected chi connectivity index (χ3v) is 5.33. The smallest absolute Gasteiger partial charge is 0.444 e. The molecular formula is C23H24F3N5O3. The van der Waals surface area contributed by atoms with Gasteiger partial charge in [0.1, 0.15) is 5.60 Å². The molecule has 34 heavy (non-hydrogen) atoms. The van der Waals surface area contributed by atoms with Gasteiger partial charge in [0.25, 0.3) is 0 Å². The lowest BCUT2D eigenvalue weighted by Gasteiger charge is -2.33. The highest BCUT2D eigenvalue weighted by molar-refractivity contribution is 5.68. The zero-order valence-electron chi connectivity index (χ0n) is 19.0. The second kappa shape index (κ2) is 9.03. The maximum atomic E-state index is 12.7. The SMILES string of the molecule is CC(C)(C)OC(=O)N1CCC(c2cncc(-c3ccc(-c4noc(C(F)(F)F)n4)cc3)n2)CC1. The molecule has 1 amide bonds. The highest BCUT2D eigenvalue weighted by Gasteiger charge is 2.38. The minimum absolute atomic E-state index is 0.143. The number of rotatable bonds is 3. The van der Waals surface area contributed by atoms with Crippen molar-refractivity contribution in [3.63, 3.8) is 0 Å². The fourth-order valence-electron chi connectivity index (χ4n) is 3.65. The first-order chi connectivity index (χ1) is 16.0. The molecule has 1 fully saturated rings. The number of hydrogen-bond acceptors (Lipinski definition) is 7. The van der Waals surface area contributed by atoms with Crippen LogP contribution in [0.5, 0.6) is 0 Å². The predicted octanol–water partition coefficient (Wildman–Crippen LogP) is 5.33. The van der Waals surface area contributed by atoms with Crippen molar-refractivity contribution in [1.82, 2.24) is 25.0 Å². The lowest BCUT2D eigenvalue weighted by molar-refractivity contribution is -0.159. The zero-order valence-corrected chi connectivity index (χ0v) is 19.0. The summed E-state index contributed by atoms with van der Waals surface area (Å²) in [5.74, 6) is -1.37. The average Bonchev–Trinajstić information content (AvgIpc) is 3.29. The molecule has 1 saturated heterocycles. The number of benzene rings is 1. The van der Waals surface area contributed by atoms with E-state index in [1.165, 1.54) is 0 Å². The molecule has 8 nitrogen and oxygen atoms in total. The second-order valence-electron chi connectivity index (χ2n) is 9.07. The molecule has 0 bridgehead atoms. The molecule has 4 rings (SSSR count). The maximum Gasteiger partial charge on any atom is 0.471 e. The molecule has 1 aliphatic heterocycles. The van der Waals surface area contributed by atoms with Crippen LogP contribution in [0, 0.1) is 0 Å². The summed E-state index contributed by atoms with van der Waals surface area (Å²) in [5.41, 5.74) is 2.08. The summed E-state index contributed by atoms with van der Waals surface area (Å²) >= 11 is 0. The monoisotopic (exact) mass is 475 g/mol. The summed E-state index contributed by atoms with van der Waals surface area (Å²) in [4.78, 5) is 26.4. The van der Waals surface area contributed by atoms with Gasteiger partial charge in [-0.3, -0.25) is 4.98 Å². The largest absolute Gasteiger partial charge is 0.471 e. The molecule has 3 aromatic rings. The van der Waals surface area contributed by atoms with Crippen LogP contribution < -0.4 is 0 Å². The van der Waals surface area contributed by atoms with E-state index >= 15 is 0 Å². The van der Waals surface area contributed by atoms with Crippen molar-refractivity contribution in [2.75, 3.05) is 13.1 Å². The van der Waals surface area contributed by atoms with Crippen LogP contribution >= 0.6 is 0 Å². The standard InChI is InChI=1S/C23H24F3N5O3/c1-22(2,3)33-21(32)31-10-8-15(9-11-31)18-13-27-12-17(28-18)14-4-6-16(7-5-14)19-29-20(34-30-19)23(24,25)26/h4-7,12-13,15H,8-11H2,1-3H3. The molecule has 3 heterocycles. The number of alkyl halides is 3. The molecule has 0 unspecified atom stereocenters. The van der Waals surface area contributed by atoms with Gasteiger partial charge in [-0.2, -0.15) is 18.2 Å². The molecule has 1 aliphatic rings. The van der Waals surface area contributed by atoms with Crippen molar-refractivity contribution in [2.45, 2.75) is 51.3 Å². The number of likely N-dealkylation sites (tertiary alicyclic amines) is 1. The molecule has 0 aliphatic carbocycles. The Labute approximate surface area is 194 Å². The molecule has 0 spiro atoms. The van der Waals surface area contributed by atoms with Gasteiger partial charge in [-0.25, -0.2) is 9.78 Å². The molecule has 1 aromatic carbocycles. The number of carbonyl (C=O) groups excluding carboxylic acids is 1. The Hall–Kier alpha value is -3.50. The lowest BCUT2D eigenvalue weighted by atomic mass is 9.94. The Morgan fingerprint density at radius 2 is 1.68 bits per heavy atom. The third kappa shape index (κ3) is 5.52. The Morgan fingerprint density at radius 3 is 2.26 bits per heavy atom. The Bertz CT molecular complexity index is 1150. The molecule has 0 atom stereocenters. The van der Waals surface area contributed by atoms with Gasteiger partial charge in [0.2, 0.25) is 5.82 Å². The third-order valence-electron chi connectivity index (χ3n) is 5.33. The maximum absolute atomic E-state index is 12.7. The van der Waals surface area contributed by atoms with Gasteiger partial charge in [0.15, 0.2) is 0 Å². The lowest BCUT2D eigenvalue weighted by Crippen LogP contribution is -2.41. The summed E-state index contributed by atoms with van der Waals surface area (Å²) in [5, 5.41) is 3.40. The van der Waals surface area contributed by atoms with E-state index in [-0.39, 0.29) is 17.8 Å². The van der Waals surface area contributed by atoms with Crippen LogP contribution in [-0.4, -0.2) is 49.8 Å². The van der Waals surface area contributed by atoms with Gasteiger partial charge in [0.05, 0.1) is 17.6 Å². The van der Waals surface area contributed by atoms with Crippen LogP contribution in [0.15, 0.2) is 41.2 Å². The fraction of sp³-hybridized carbons (Fsp3) is 0.435. The minimum Gasteiger partial charge on any atom is -0.444 e. The highest BCUT2D eigenvalue weighted by atomic mass is 19.4. The molecular weight excluding hydrogens is 451 g/mol. The van der Waals surface area contributed by atoms with Gasteiger partial charge in [-0.05, 0) is 33.6 Å². The van der Waals surface area contributed by atoms with Crippen LogP contribution in [0.25, 0.3) is 22.6 Å². The van der Waals surface area contributed by atoms with Gasteiger partial charge in [-0.1, -0.05) is 29.4 Å².